The van der Waals surface area contributed by atoms with Gasteiger partial charge in [-0.15, -0.1) is 4.91 Å². The minimum Gasteiger partial charge on any atom is -0.510 e. The summed E-state index contributed by atoms with van der Waals surface area (Å²) >= 11 is 0. The van der Waals surface area contributed by atoms with Crippen molar-refractivity contribution in [3.8, 4) is 0 Å². The molecule has 0 atom stereocenters. The summed E-state index contributed by atoms with van der Waals surface area (Å²) in [7, 11) is 0. The first-order valence-corrected chi connectivity index (χ1v) is 5.22. The van der Waals surface area contributed by atoms with Gasteiger partial charge in [0.25, 0.3) is 5.91 Å². The summed E-state index contributed by atoms with van der Waals surface area (Å²) in [5.74, 6) is -1.10. The summed E-state index contributed by atoms with van der Waals surface area (Å²) in [5.41, 5.74) is 1.06. The molecule has 90 valence electrons. The maximum atomic E-state index is 11.6. The highest BCUT2D eigenvalue weighted by Crippen LogP contribution is 2.17. The lowest BCUT2D eigenvalue weighted by Gasteiger charge is -2.08. The minimum absolute atomic E-state index is 0.397. The largest absolute Gasteiger partial charge is 0.510 e. The number of carbonyl (C=O) groups is 1. The third-order valence-electron chi connectivity index (χ3n) is 2.30. The van der Waals surface area contributed by atoms with E-state index < -0.39 is 17.4 Å². The van der Waals surface area contributed by atoms with Gasteiger partial charge in [-0.25, -0.2) is 0 Å². The van der Waals surface area contributed by atoms with Crippen LogP contribution in [0.3, 0.4) is 0 Å². The zero-order valence-corrected chi connectivity index (χ0v) is 9.73. The molecule has 0 bridgehead atoms. The molecule has 0 spiro atoms. The Morgan fingerprint density at radius 3 is 2.59 bits per heavy atom. The Morgan fingerprint density at radius 1 is 1.41 bits per heavy atom. The smallest absolute Gasteiger partial charge is 0.281 e. The number of amides is 1. The second-order valence-electron chi connectivity index (χ2n) is 3.49. The first-order valence-electron chi connectivity index (χ1n) is 5.22. The molecule has 2 N–H and O–H groups in total. The summed E-state index contributed by atoms with van der Waals surface area (Å²) in [5, 5.41) is 14.2. The van der Waals surface area contributed by atoms with Gasteiger partial charge in [0.05, 0.1) is 0 Å². The zero-order chi connectivity index (χ0) is 12.8. The normalized spacial score (nSPS) is 11.6. The average molecular weight is 234 g/mol. The Balaban J connectivity index is 2.96. The van der Waals surface area contributed by atoms with Gasteiger partial charge >= 0.3 is 0 Å². The number of nitrogens with one attached hydrogen (secondary N) is 1. The van der Waals surface area contributed by atoms with Crippen LogP contribution in [0, 0.1) is 4.91 Å². The lowest BCUT2D eigenvalue weighted by Crippen LogP contribution is -2.15. The van der Waals surface area contributed by atoms with Crippen LogP contribution in [0.25, 0.3) is 0 Å². The number of allylic oxidation sites excluding steroid dienone is 1. The highest BCUT2D eigenvalue weighted by Gasteiger charge is 2.15. The van der Waals surface area contributed by atoms with Gasteiger partial charge in [0.15, 0.2) is 0 Å². The molecule has 1 amide bonds. The molecule has 1 aromatic carbocycles. The second kappa shape index (κ2) is 5.79. The van der Waals surface area contributed by atoms with E-state index in [0.29, 0.717) is 5.69 Å². The number of anilines is 1. The maximum absolute atomic E-state index is 11.6. The van der Waals surface area contributed by atoms with Gasteiger partial charge in [-0.05, 0) is 30.2 Å². The Hall–Kier alpha value is -2.17. The van der Waals surface area contributed by atoms with Crippen molar-refractivity contribution in [2.24, 2.45) is 5.18 Å². The third kappa shape index (κ3) is 3.14. The van der Waals surface area contributed by atoms with E-state index in [2.05, 4.69) is 10.5 Å². The van der Waals surface area contributed by atoms with Gasteiger partial charge in [-0.1, -0.05) is 25.1 Å². The van der Waals surface area contributed by atoms with Crippen LogP contribution in [0.15, 0.2) is 40.9 Å². The molecule has 0 aliphatic rings. The molecule has 0 fully saturated rings. The zero-order valence-electron chi connectivity index (χ0n) is 9.73. The van der Waals surface area contributed by atoms with Crippen LogP contribution < -0.4 is 5.32 Å². The van der Waals surface area contributed by atoms with Crippen LogP contribution in [-0.4, -0.2) is 11.0 Å². The molecule has 17 heavy (non-hydrogen) atoms. The van der Waals surface area contributed by atoms with Crippen molar-refractivity contribution < 1.29 is 9.90 Å². The van der Waals surface area contributed by atoms with E-state index in [0.717, 1.165) is 12.0 Å². The molecule has 0 saturated heterocycles. The van der Waals surface area contributed by atoms with Crippen LogP contribution in [0.4, 0.5) is 5.69 Å². The molecule has 0 radical (unpaired) electrons. The van der Waals surface area contributed by atoms with Gasteiger partial charge in [0.2, 0.25) is 5.70 Å². The molecule has 0 heterocycles. The van der Waals surface area contributed by atoms with Crippen molar-refractivity contribution in [3.05, 3.63) is 46.2 Å². The first kappa shape index (κ1) is 12.9. The van der Waals surface area contributed by atoms with E-state index >= 15 is 0 Å². The number of carbonyl (C=O) groups excluding carboxylic acids is 1. The minimum atomic E-state index is -0.708. The van der Waals surface area contributed by atoms with Crippen molar-refractivity contribution in [2.45, 2.75) is 20.3 Å². The number of rotatable bonds is 4. The van der Waals surface area contributed by atoms with E-state index in [4.69, 9.17) is 5.11 Å². The Morgan fingerprint density at radius 2 is 2.06 bits per heavy atom. The molecular weight excluding hydrogens is 220 g/mol. The highest BCUT2D eigenvalue weighted by atomic mass is 16.3. The number of aliphatic hydroxyl groups is 1. The number of benzene rings is 1. The summed E-state index contributed by atoms with van der Waals surface area (Å²) in [6, 6.07) is 7.24. The van der Waals surface area contributed by atoms with E-state index in [9.17, 15) is 9.70 Å². The summed E-state index contributed by atoms with van der Waals surface area (Å²) in [4.78, 5) is 22.0. The van der Waals surface area contributed by atoms with Crippen molar-refractivity contribution in [3.63, 3.8) is 0 Å². The van der Waals surface area contributed by atoms with E-state index in [1.807, 2.05) is 19.1 Å². The second-order valence-corrected chi connectivity index (χ2v) is 3.49. The number of hydrogen-bond donors (Lipinski definition) is 2. The van der Waals surface area contributed by atoms with E-state index in [-0.39, 0.29) is 0 Å². The average Bonchev–Trinajstić information content (AvgIpc) is 2.30. The molecule has 1 rings (SSSR count). The quantitative estimate of drug-likeness (QED) is 0.477. The van der Waals surface area contributed by atoms with Crippen LogP contribution in [-0.2, 0) is 11.2 Å². The molecule has 5 heteroatoms. The van der Waals surface area contributed by atoms with Gasteiger partial charge in [-0.2, -0.15) is 0 Å². The number of nitroso groups, excluding NO2 is 1. The number of aryl methyl sites for hydroxylation is 1. The van der Waals surface area contributed by atoms with Gasteiger partial charge in [-0.3, -0.25) is 4.79 Å². The maximum Gasteiger partial charge on any atom is 0.281 e. The lowest BCUT2D eigenvalue weighted by atomic mass is 10.1. The summed E-state index contributed by atoms with van der Waals surface area (Å²) in [6.45, 7) is 3.19. The molecule has 0 aromatic heterocycles. The fourth-order valence-electron chi connectivity index (χ4n) is 1.40. The van der Waals surface area contributed by atoms with Crippen LogP contribution >= 0.6 is 0 Å². The predicted octanol–water partition coefficient (Wildman–Crippen LogP) is 2.74. The monoisotopic (exact) mass is 234 g/mol. The summed E-state index contributed by atoms with van der Waals surface area (Å²) < 4.78 is 0. The van der Waals surface area contributed by atoms with E-state index in [1.165, 1.54) is 6.92 Å². The molecule has 5 nitrogen and oxygen atoms in total. The fourth-order valence-corrected chi connectivity index (χ4v) is 1.40. The van der Waals surface area contributed by atoms with Crippen molar-refractivity contribution >= 4 is 11.6 Å². The Labute approximate surface area is 99.1 Å². The van der Waals surface area contributed by atoms with Crippen LogP contribution in [0.1, 0.15) is 19.4 Å². The Kier molecular flexibility index (Phi) is 4.39. The molecule has 0 unspecified atom stereocenters. The Bertz CT molecular complexity index is 463. The predicted molar refractivity (Wildman–Crippen MR) is 65.6 cm³/mol. The first-order chi connectivity index (χ1) is 8.10. The van der Waals surface area contributed by atoms with Gasteiger partial charge in [0.1, 0.15) is 5.76 Å². The van der Waals surface area contributed by atoms with Gasteiger partial charge < -0.3 is 10.4 Å². The summed E-state index contributed by atoms with van der Waals surface area (Å²) in [6.07, 6.45) is 0.752. The molecule has 0 aliphatic heterocycles. The van der Waals surface area contributed by atoms with E-state index in [1.54, 1.807) is 12.1 Å². The molecule has 0 aliphatic carbocycles. The number of aliphatic hydroxyl groups excluding tert-OH is 1. The lowest BCUT2D eigenvalue weighted by molar-refractivity contribution is -0.113. The van der Waals surface area contributed by atoms with Crippen LogP contribution in [0.2, 0.25) is 0 Å². The van der Waals surface area contributed by atoms with Gasteiger partial charge in [0, 0.05) is 5.69 Å². The fraction of sp³-hybridized carbons (Fsp3) is 0.250. The highest BCUT2D eigenvalue weighted by molar-refractivity contribution is 6.04. The van der Waals surface area contributed by atoms with Crippen LogP contribution in [0.5, 0.6) is 0 Å². The number of para-hydroxylation sites is 1. The van der Waals surface area contributed by atoms with Crippen molar-refractivity contribution in [2.75, 3.05) is 5.32 Å². The third-order valence-corrected chi connectivity index (χ3v) is 2.30. The standard InChI is InChI=1S/C12H14N2O3/c1-3-9-6-4-5-7-10(9)13-12(16)11(14-17)8(2)15/h4-7,15H,3H2,1-2H3,(H,13,16)/b11-8-. The molecular formula is C12H14N2O3. The SMILES string of the molecule is CCc1ccccc1NC(=O)/C(N=O)=C(\C)O. The van der Waals surface area contributed by atoms with Crippen molar-refractivity contribution in [1.82, 2.24) is 0 Å². The molecule has 0 saturated carbocycles. The molecule has 1 aromatic rings. The topological polar surface area (TPSA) is 78.8 Å². The number of hydrogen-bond acceptors (Lipinski definition) is 4. The van der Waals surface area contributed by atoms with Crippen molar-refractivity contribution in [1.29, 1.82) is 0 Å². The number of nitrogens with zero attached hydrogens (tertiary/aromatic N) is 1.